The van der Waals surface area contributed by atoms with Gasteiger partial charge in [0.1, 0.15) is 0 Å². The van der Waals surface area contributed by atoms with Crippen molar-refractivity contribution >= 4 is 11.9 Å². The van der Waals surface area contributed by atoms with E-state index in [4.69, 9.17) is 10.2 Å². The molecule has 0 aromatic carbocycles. The van der Waals surface area contributed by atoms with Crippen molar-refractivity contribution in [2.75, 3.05) is 0 Å². The maximum absolute atomic E-state index is 9.60. The van der Waals surface area contributed by atoms with E-state index in [2.05, 4.69) is 6.92 Å². The van der Waals surface area contributed by atoms with Gasteiger partial charge in [-0.3, -0.25) is 9.59 Å². The van der Waals surface area contributed by atoms with Crippen molar-refractivity contribution in [2.24, 2.45) is 0 Å². The molecule has 2 N–H and O–H groups in total. The van der Waals surface area contributed by atoms with Crippen LogP contribution in [0.3, 0.4) is 0 Å². The van der Waals surface area contributed by atoms with Crippen LogP contribution in [0.5, 0.6) is 0 Å². The molecule has 0 saturated carbocycles. The van der Waals surface area contributed by atoms with Crippen molar-refractivity contribution in [1.29, 1.82) is 0 Å². The van der Waals surface area contributed by atoms with E-state index in [1.807, 2.05) is 6.92 Å². The molecule has 5 heteroatoms. The fraction of sp³-hybridized carbons (Fsp3) is 0.571. The topological polar surface area (TPSA) is 74.6 Å². The molecule has 0 radical (unpaired) electrons. The number of hydrogen-bond donors (Lipinski definition) is 2. The van der Waals surface area contributed by atoms with E-state index in [-0.39, 0.29) is 27.5 Å². The van der Waals surface area contributed by atoms with Crippen LogP contribution in [-0.4, -0.2) is 22.2 Å². The predicted molar refractivity (Wildman–Crippen MR) is 40.2 cm³/mol. The first kappa shape index (κ1) is 17.6. The van der Waals surface area contributed by atoms with Crippen LogP contribution in [-0.2, 0) is 30.7 Å². The van der Waals surface area contributed by atoms with Crippen molar-refractivity contribution in [1.82, 2.24) is 0 Å². The molecule has 0 heterocycles. The van der Waals surface area contributed by atoms with E-state index in [1.165, 1.54) is 0 Å². The van der Waals surface area contributed by atoms with Gasteiger partial charge in [0.15, 0.2) is 0 Å². The van der Waals surface area contributed by atoms with Crippen molar-refractivity contribution < 1.29 is 40.9 Å². The average Bonchev–Trinajstić information content (AvgIpc) is 1.89. The van der Waals surface area contributed by atoms with Gasteiger partial charge < -0.3 is 17.1 Å². The van der Waals surface area contributed by atoms with Crippen molar-refractivity contribution in [2.45, 2.75) is 26.2 Å². The summed E-state index contributed by atoms with van der Waals surface area (Å²) in [5.74, 6) is -1.57. The van der Waals surface area contributed by atoms with E-state index in [1.54, 1.807) is 0 Å². The molecular weight excluding hydrogens is 332 g/mol. The van der Waals surface area contributed by atoms with Gasteiger partial charge in [-0.2, -0.15) is 0 Å². The SMILES string of the molecule is CCCC(=O)O.[CH2-]CC(=O)O.[W]. The minimum absolute atomic E-state index is 0. The van der Waals surface area contributed by atoms with Crippen LogP contribution in [0, 0.1) is 6.92 Å². The second-order valence-electron chi connectivity index (χ2n) is 1.79. The fourth-order valence-electron chi connectivity index (χ4n) is 0.214. The smallest absolute Gasteiger partial charge is 0.303 e. The number of carboxylic acid groups (broad SMARTS) is 2. The van der Waals surface area contributed by atoms with Gasteiger partial charge in [0.2, 0.25) is 0 Å². The molecule has 72 valence electrons. The Labute approximate surface area is 86.2 Å². The van der Waals surface area contributed by atoms with Crippen LogP contribution in [0.1, 0.15) is 26.2 Å². The number of rotatable bonds is 3. The molecule has 0 unspecified atom stereocenters. The largest absolute Gasteiger partial charge is 0.483 e. The van der Waals surface area contributed by atoms with E-state index in [0.29, 0.717) is 6.42 Å². The van der Waals surface area contributed by atoms with Crippen molar-refractivity contribution in [3.63, 3.8) is 0 Å². The van der Waals surface area contributed by atoms with Crippen LogP contribution in [0.2, 0.25) is 0 Å². The third kappa shape index (κ3) is 33.5. The van der Waals surface area contributed by atoms with E-state index < -0.39 is 11.9 Å². The minimum atomic E-state index is -0.856. The van der Waals surface area contributed by atoms with E-state index >= 15 is 0 Å². The Bertz CT molecular complexity index is 125. The van der Waals surface area contributed by atoms with Gasteiger partial charge in [-0.1, -0.05) is 13.3 Å². The van der Waals surface area contributed by atoms with Crippen molar-refractivity contribution in [3.8, 4) is 0 Å². The Balaban J connectivity index is -0.000000126. The van der Waals surface area contributed by atoms with Crippen LogP contribution in [0.4, 0.5) is 0 Å². The molecule has 0 fully saturated rings. The van der Waals surface area contributed by atoms with Gasteiger partial charge in [0.25, 0.3) is 5.97 Å². The molecular formula is C7H13O4W-. The normalized spacial score (nSPS) is 7.17. The molecule has 0 atom stereocenters. The zero-order valence-corrected chi connectivity index (χ0v) is 9.88. The number of aliphatic carboxylic acids is 2. The Hall–Kier alpha value is -0.372. The maximum atomic E-state index is 9.60. The molecule has 0 rings (SSSR count). The Kier molecular flexibility index (Phi) is 19.5. The van der Waals surface area contributed by atoms with Crippen LogP contribution < -0.4 is 0 Å². The molecule has 0 saturated heterocycles. The van der Waals surface area contributed by atoms with Gasteiger partial charge in [0.05, 0.1) is 0 Å². The molecule has 0 aliphatic rings. The first-order chi connectivity index (χ1) is 5.04. The second-order valence-corrected chi connectivity index (χ2v) is 1.79. The molecule has 0 aliphatic carbocycles. The summed E-state index contributed by atoms with van der Waals surface area (Å²) in [5, 5.41) is 15.6. The molecule has 0 aromatic heterocycles. The van der Waals surface area contributed by atoms with Gasteiger partial charge in [-0.05, 0) is 6.42 Å². The van der Waals surface area contributed by atoms with Crippen LogP contribution in [0.25, 0.3) is 0 Å². The molecule has 4 nitrogen and oxygen atoms in total. The minimum Gasteiger partial charge on any atom is -0.483 e. The summed E-state index contributed by atoms with van der Waals surface area (Å²) in [4.78, 5) is 18.9. The summed E-state index contributed by atoms with van der Waals surface area (Å²) < 4.78 is 0. The zero-order valence-electron chi connectivity index (χ0n) is 6.95. The summed E-state index contributed by atoms with van der Waals surface area (Å²) >= 11 is 0. The average molecular weight is 345 g/mol. The molecule has 0 aromatic rings. The predicted octanol–water partition coefficient (Wildman–Crippen LogP) is 1.16. The number of hydrogen-bond acceptors (Lipinski definition) is 2. The third-order valence-corrected chi connectivity index (χ3v) is 0.678. The molecule has 0 bridgehead atoms. The molecule has 12 heavy (non-hydrogen) atoms. The van der Waals surface area contributed by atoms with E-state index in [0.717, 1.165) is 6.42 Å². The van der Waals surface area contributed by atoms with Gasteiger partial charge in [-0.15, -0.1) is 0 Å². The molecule has 0 spiro atoms. The van der Waals surface area contributed by atoms with Crippen molar-refractivity contribution in [3.05, 3.63) is 6.92 Å². The summed E-state index contributed by atoms with van der Waals surface area (Å²) in [7, 11) is 0. The van der Waals surface area contributed by atoms with Crippen LogP contribution >= 0.6 is 0 Å². The van der Waals surface area contributed by atoms with Crippen LogP contribution in [0.15, 0.2) is 0 Å². The Morgan fingerprint density at radius 2 is 1.58 bits per heavy atom. The second kappa shape index (κ2) is 13.2. The first-order valence-corrected chi connectivity index (χ1v) is 3.27. The van der Waals surface area contributed by atoms with Gasteiger partial charge >= 0.3 is 5.97 Å². The summed E-state index contributed by atoms with van der Waals surface area (Å²) in [6.07, 6.45) is 0.995. The third-order valence-electron chi connectivity index (χ3n) is 0.678. The maximum Gasteiger partial charge on any atom is 0.303 e. The van der Waals surface area contributed by atoms with E-state index in [9.17, 15) is 9.59 Å². The summed E-state index contributed by atoms with van der Waals surface area (Å²) in [6, 6.07) is 0. The molecule has 0 aliphatic heterocycles. The number of carboxylic acids is 2. The Morgan fingerprint density at radius 3 is 1.58 bits per heavy atom. The monoisotopic (exact) mass is 345 g/mol. The Morgan fingerprint density at radius 1 is 1.25 bits per heavy atom. The standard InChI is InChI=1S/C4H8O2.C3H5O2.W/c1-2-3-4(5)6;1-2-3(4)5;/h2-3H2,1H3,(H,5,6);1-2H2,(H,4,5);/q;-1;. The molecule has 0 amide bonds. The fourth-order valence-corrected chi connectivity index (χ4v) is 0.214. The first-order valence-electron chi connectivity index (χ1n) is 3.27. The van der Waals surface area contributed by atoms with Gasteiger partial charge in [-0.25, -0.2) is 0 Å². The summed E-state index contributed by atoms with van der Waals surface area (Å²) in [5.41, 5.74) is 0. The summed E-state index contributed by atoms with van der Waals surface area (Å²) in [6.45, 7) is 4.93. The number of carbonyl (C=O) groups is 2. The zero-order chi connectivity index (χ0) is 9.28. The van der Waals surface area contributed by atoms with Gasteiger partial charge in [0, 0.05) is 27.5 Å². The quantitative estimate of drug-likeness (QED) is 0.753.